The highest BCUT2D eigenvalue weighted by Crippen LogP contribution is 2.32. The fraction of sp³-hybridized carbons (Fsp3) is 0.0714. The average molecular weight is 312 g/mol. The SMILES string of the molecule is Nc1ccc(C(=O)Nc2ccccc2SC(F)F)c(F)c1. The van der Waals surface area contributed by atoms with E-state index in [0.29, 0.717) is 11.8 Å². The van der Waals surface area contributed by atoms with Gasteiger partial charge in [0, 0.05) is 10.6 Å². The molecule has 2 rings (SSSR count). The van der Waals surface area contributed by atoms with Gasteiger partial charge in [0.25, 0.3) is 11.7 Å². The highest BCUT2D eigenvalue weighted by molar-refractivity contribution is 7.99. The van der Waals surface area contributed by atoms with Crippen LogP contribution in [0.1, 0.15) is 10.4 Å². The molecular weight excluding hydrogens is 301 g/mol. The minimum absolute atomic E-state index is 0.192. The van der Waals surface area contributed by atoms with Crippen LogP contribution in [0.25, 0.3) is 0 Å². The summed E-state index contributed by atoms with van der Waals surface area (Å²) in [7, 11) is 0. The fourth-order valence-electron chi connectivity index (χ4n) is 1.67. The summed E-state index contributed by atoms with van der Waals surface area (Å²) >= 11 is 0.307. The Kier molecular flexibility index (Phi) is 4.74. The third-order valence-electron chi connectivity index (χ3n) is 2.59. The lowest BCUT2D eigenvalue weighted by Gasteiger charge is -2.11. The van der Waals surface area contributed by atoms with Crippen molar-refractivity contribution in [2.24, 2.45) is 0 Å². The summed E-state index contributed by atoms with van der Waals surface area (Å²) in [4.78, 5) is 12.2. The molecule has 0 radical (unpaired) electrons. The molecule has 2 aromatic carbocycles. The van der Waals surface area contributed by atoms with Crippen molar-refractivity contribution in [1.82, 2.24) is 0 Å². The Morgan fingerprint density at radius 3 is 2.57 bits per heavy atom. The van der Waals surface area contributed by atoms with E-state index in [1.807, 2.05) is 0 Å². The van der Waals surface area contributed by atoms with Crippen molar-refractivity contribution in [3.63, 3.8) is 0 Å². The highest BCUT2D eigenvalue weighted by atomic mass is 32.2. The first-order valence-electron chi connectivity index (χ1n) is 5.87. The van der Waals surface area contributed by atoms with Crippen LogP contribution in [0.2, 0.25) is 0 Å². The van der Waals surface area contributed by atoms with Gasteiger partial charge in [0.1, 0.15) is 5.82 Å². The van der Waals surface area contributed by atoms with Crippen molar-refractivity contribution in [2.75, 3.05) is 11.1 Å². The summed E-state index contributed by atoms with van der Waals surface area (Å²) in [5, 5.41) is 2.42. The largest absolute Gasteiger partial charge is 0.399 e. The first kappa shape index (κ1) is 15.2. The van der Waals surface area contributed by atoms with Crippen LogP contribution in [0.4, 0.5) is 24.5 Å². The van der Waals surface area contributed by atoms with E-state index in [0.717, 1.165) is 6.07 Å². The van der Waals surface area contributed by atoms with E-state index in [-0.39, 0.29) is 21.8 Å². The van der Waals surface area contributed by atoms with Gasteiger partial charge in [0.05, 0.1) is 11.3 Å². The molecule has 0 aliphatic carbocycles. The molecule has 3 nitrogen and oxygen atoms in total. The lowest BCUT2D eigenvalue weighted by molar-refractivity contribution is 0.102. The third-order valence-corrected chi connectivity index (χ3v) is 3.38. The molecule has 0 aromatic heterocycles. The Balaban J connectivity index is 2.23. The number of nitrogen functional groups attached to an aromatic ring is 1. The normalized spacial score (nSPS) is 10.7. The lowest BCUT2D eigenvalue weighted by Crippen LogP contribution is -2.14. The van der Waals surface area contributed by atoms with Crippen molar-refractivity contribution in [3.8, 4) is 0 Å². The lowest BCUT2D eigenvalue weighted by atomic mass is 10.1. The Bertz CT molecular complexity index is 664. The van der Waals surface area contributed by atoms with Gasteiger partial charge in [-0.05, 0) is 30.3 Å². The number of amides is 1. The first-order chi connectivity index (χ1) is 9.97. The summed E-state index contributed by atoms with van der Waals surface area (Å²) in [5.41, 5.74) is 5.58. The second-order valence-corrected chi connectivity index (χ2v) is 5.10. The van der Waals surface area contributed by atoms with Crippen LogP contribution in [-0.2, 0) is 0 Å². The van der Waals surface area contributed by atoms with Gasteiger partial charge in [-0.2, -0.15) is 8.78 Å². The van der Waals surface area contributed by atoms with Gasteiger partial charge in [-0.25, -0.2) is 4.39 Å². The number of nitrogens with two attached hydrogens (primary N) is 1. The molecule has 0 heterocycles. The molecule has 1 amide bonds. The molecule has 0 aliphatic rings. The van der Waals surface area contributed by atoms with Crippen LogP contribution >= 0.6 is 11.8 Å². The Morgan fingerprint density at radius 1 is 1.19 bits per heavy atom. The predicted octanol–water partition coefficient (Wildman–Crippen LogP) is 3.97. The van der Waals surface area contributed by atoms with Gasteiger partial charge in [0.2, 0.25) is 0 Å². The number of hydrogen-bond acceptors (Lipinski definition) is 3. The number of halogens is 3. The molecule has 0 bridgehead atoms. The average Bonchev–Trinajstić information content (AvgIpc) is 2.40. The summed E-state index contributed by atoms with van der Waals surface area (Å²) in [6.07, 6.45) is 0. The number of carbonyl (C=O) groups is 1. The number of carbonyl (C=O) groups excluding carboxylic acids is 1. The number of nitrogens with one attached hydrogen (secondary N) is 1. The first-order valence-corrected chi connectivity index (χ1v) is 6.75. The monoisotopic (exact) mass is 312 g/mol. The minimum atomic E-state index is -2.61. The van der Waals surface area contributed by atoms with Gasteiger partial charge in [-0.15, -0.1) is 0 Å². The Labute approximate surface area is 123 Å². The maximum absolute atomic E-state index is 13.6. The smallest absolute Gasteiger partial charge is 0.288 e. The van der Waals surface area contributed by atoms with Crippen molar-refractivity contribution < 1.29 is 18.0 Å². The number of alkyl halides is 2. The van der Waals surface area contributed by atoms with E-state index in [2.05, 4.69) is 5.32 Å². The summed E-state index contributed by atoms with van der Waals surface area (Å²) < 4.78 is 38.5. The molecule has 0 aliphatic heterocycles. The molecule has 0 fully saturated rings. The van der Waals surface area contributed by atoms with Crippen molar-refractivity contribution in [3.05, 3.63) is 53.8 Å². The predicted molar refractivity (Wildman–Crippen MR) is 77.1 cm³/mol. The topological polar surface area (TPSA) is 55.1 Å². The molecule has 0 unspecified atom stereocenters. The van der Waals surface area contributed by atoms with E-state index >= 15 is 0 Å². The van der Waals surface area contributed by atoms with Crippen molar-refractivity contribution in [2.45, 2.75) is 10.7 Å². The molecule has 2 aromatic rings. The van der Waals surface area contributed by atoms with Gasteiger partial charge in [0.15, 0.2) is 0 Å². The highest BCUT2D eigenvalue weighted by Gasteiger charge is 2.15. The molecule has 0 saturated heterocycles. The zero-order valence-corrected chi connectivity index (χ0v) is 11.5. The van der Waals surface area contributed by atoms with Crippen LogP contribution < -0.4 is 11.1 Å². The van der Waals surface area contributed by atoms with Crippen LogP contribution in [0, 0.1) is 5.82 Å². The molecular formula is C14H11F3N2OS. The number of thioether (sulfide) groups is 1. The van der Waals surface area contributed by atoms with Crippen LogP contribution in [-0.4, -0.2) is 11.7 Å². The number of benzene rings is 2. The molecule has 0 saturated carbocycles. The minimum Gasteiger partial charge on any atom is -0.399 e. The van der Waals surface area contributed by atoms with E-state index in [1.165, 1.54) is 24.3 Å². The van der Waals surface area contributed by atoms with Crippen LogP contribution in [0.3, 0.4) is 0 Å². The third kappa shape index (κ3) is 3.91. The van der Waals surface area contributed by atoms with Crippen molar-refractivity contribution in [1.29, 1.82) is 0 Å². The maximum Gasteiger partial charge on any atom is 0.288 e. The van der Waals surface area contributed by atoms with E-state index in [9.17, 15) is 18.0 Å². The van der Waals surface area contributed by atoms with Gasteiger partial charge < -0.3 is 11.1 Å². The van der Waals surface area contributed by atoms with E-state index in [1.54, 1.807) is 12.1 Å². The van der Waals surface area contributed by atoms with E-state index < -0.39 is 17.5 Å². The quantitative estimate of drug-likeness (QED) is 0.663. The van der Waals surface area contributed by atoms with Gasteiger partial charge in [-0.3, -0.25) is 4.79 Å². The van der Waals surface area contributed by atoms with Crippen molar-refractivity contribution >= 4 is 29.0 Å². The summed E-state index contributed by atoms with van der Waals surface area (Å²) in [6.45, 7) is 0. The number of para-hydroxylation sites is 1. The second-order valence-electron chi connectivity index (χ2n) is 4.07. The van der Waals surface area contributed by atoms with Gasteiger partial charge >= 0.3 is 0 Å². The summed E-state index contributed by atoms with van der Waals surface area (Å²) in [6, 6.07) is 9.73. The number of anilines is 2. The zero-order valence-electron chi connectivity index (χ0n) is 10.6. The molecule has 21 heavy (non-hydrogen) atoms. The van der Waals surface area contributed by atoms with Crippen LogP contribution in [0.5, 0.6) is 0 Å². The molecule has 7 heteroatoms. The maximum atomic E-state index is 13.6. The fourth-order valence-corrected chi connectivity index (χ4v) is 2.27. The zero-order chi connectivity index (χ0) is 15.4. The van der Waals surface area contributed by atoms with E-state index in [4.69, 9.17) is 5.73 Å². The molecule has 110 valence electrons. The molecule has 3 N–H and O–H groups in total. The second kappa shape index (κ2) is 6.53. The van der Waals surface area contributed by atoms with Crippen LogP contribution in [0.15, 0.2) is 47.4 Å². The molecule has 0 atom stereocenters. The van der Waals surface area contributed by atoms with Gasteiger partial charge in [-0.1, -0.05) is 23.9 Å². The number of rotatable bonds is 4. The Morgan fingerprint density at radius 2 is 1.90 bits per heavy atom. The molecule has 0 spiro atoms. The Hall–Kier alpha value is -2.15. The summed E-state index contributed by atoms with van der Waals surface area (Å²) in [5.74, 6) is -4.11. The number of hydrogen-bond donors (Lipinski definition) is 2. The standard InChI is InChI=1S/C14H11F3N2OS/c15-10-7-8(18)5-6-9(10)13(20)19-11-3-1-2-4-12(11)21-14(16)17/h1-7,14H,18H2,(H,19,20).